The molecular weight excluding hydrogens is 380 g/mol. The molecule has 0 atom stereocenters. The number of rotatable bonds is 7. The minimum absolute atomic E-state index is 0.0111. The number of carbonyl (C=O) groups excluding carboxylic acids is 1. The van der Waals surface area contributed by atoms with Gasteiger partial charge in [-0.25, -0.2) is 12.7 Å². The Labute approximate surface area is 164 Å². The molecule has 0 saturated carbocycles. The van der Waals surface area contributed by atoms with Crippen LogP contribution in [0.4, 0.5) is 5.69 Å². The van der Waals surface area contributed by atoms with Crippen molar-refractivity contribution in [1.82, 2.24) is 4.31 Å². The van der Waals surface area contributed by atoms with Crippen LogP contribution in [0.5, 0.6) is 0 Å². The number of benzene rings is 2. The van der Waals surface area contributed by atoms with Gasteiger partial charge in [-0.3, -0.25) is 14.9 Å². The summed E-state index contributed by atoms with van der Waals surface area (Å²) in [5.74, 6) is -0.318. The summed E-state index contributed by atoms with van der Waals surface area (Å²) in [7, 11) is -0.696. The second kappa shape index (κ2) is 8.45. The van der Waals surface area contributed by atoms with Gasteiger partial charge >= 0.3 is 0 Å². The van der Waals surface area contributed by atoms with Crippen LogP contribution in [0, 0.1) is 10.1 Å². The molecule has 0 radical (unpaired) electrons. The van der Waals surface area contributed by atoms with Gasteiger partial charge in [-0.05, 0) is 41.8 Å². The Bertz CT molecular complexity index is 1020. The van der Waals surface area contributed by atoms with E-state index in [0.717, 1.165) is 4.31 Å². The molecule has 148 valence electrons. The summed E-state index contributed by atoms with van der Waals surface area (Å²) >= 11 is 0. The van der Waals surface area contributed by atoms with Crippen LogP contribution in [0.15, 0.2) is 53.4 Å². The number of hydrogen-bond donors (Lipinski definition) is 0. The second-order valence-corrected chi connectivity index (χ2v) is 8.89. The zero-order chi connectivity index (χ0) is 21.1. The maximum absolute atomic E-state index is 12.3. The molecule has 0 N–H and O–H groups in total. The molecule has 2 rings (SSSR count). The van der Waals surface area contributed by atoms with Crippen molar-refractivity contribution in [2.45, 2.75) is 24.7 Å². The van der Waals surface area contributed by atoms with Gasteiger partial charge in [0.1, 0.15) is 0 Å². The van der Waals surface area contributed by atoms with Crippen molar-refractivity contribution in [3.63, 3.8) is 0 Å². The summed E-state index contributed by atoms with van der Waals surface area (Å²) in [5, 5.41) is 11.3. The number of ketones is 1. The number of nitro groups is 1. The highest BCUT2D eigenvalue weighted by Crippen LogP contribution is 2.27. The van der Waals surface area contributed by atoms with E-state index in [4.69, 9.17) is 0 Å². The van der Waals surface area contributed by atoms with E-state index in [-0.39, 0.29) is 22.3 Å². The number of carbonyl (C=O) groups is 1. The molecule has 28 heavy (non-hydrogen) atoms. The summed E-state index contributed by atoms with van der Waals surface area (Å²) in [6.45, 7) is 3.75. The van der Waals surface area contributed by atoms with Gasteiger partial charge in [0.05, 0.1) is 9.82 Å². The molecule has 0 aromatic heterocycles. The van der Waals surface area contributed by atoms with Gasteiger partial charge < -0.3 is 0 Å². The molecule has 0 fully saturated rings. The number of nitrogens with zero attached hydrogens (tertiary/aromatic N) is 2. The monoisotopic (exact) mass is 402 g/mol. The smallest absolute Gasteiger partial charge is 0.273 e. The highest BCUT2D eigenvalue weighted by atomic mass is 32.2. The number of hydrogen-bond acceptors (Lipinski definition) is 5. The maximum Gasteiger partial charge on any atom is 0.273 e. The van der Waals surface area contributed by atoms with Crippen LogP contribution in [0.3, 0.4) is 0 Å². The molecular formula is C20H22N2O5S. The lowest BCUT2D eigenvalue weighted by Gasteiger charge is -2.11. The average molecular weight is 402 g/mol. The average Bonchev–Trinajstić information content (AvgIpc) is 2.65. The van der Waals surface area contributed by atoms with Gasteiger partial charge in [0.25, 0.3) is 5.69 Å². The van der Waals surface area contributed by atoms with Crippen molar-refractivity contribution in [3.05, 3.63) is 75.3 Å². The Balaban J connectivity index is 2.24. The summed E-state index contributed by atoms with van der Waals surface area (Å²) < 4.78 is 25.2. The van der Waals surface area contributed by atoms with Gasteiger partial charge in [0.2, 0.25) is 10.0 Å². The fourth-order valence-corrected chi connectivity index (χ4v) is 3.48. The van der Waals surface area contributed by atoms with Crippen LogP contribution in [0.1, 0.15) is 41.3 Å². The highest BCUT2D eigenvalue weighted by Gasteiger charge is 2.18. The predicted molar refractivity (Wildman–Crippen MR) is 108 cm³/mol. The SMILES string of the molecule is CC(C)c1ccc(/C=C/C(=O)c2ccc(S(=O)(=O)N(C)C)cc2)cc1[N+](=O)[O-]. The Morgan fingerprint density at radius 3 is 2.21 bits per heavy atom. The van der Waals surface area contributed by atoms with E-state index < -0.39 is 14.9 Å². The molecule has 0 saturated heterocycles. The standard InChI is InChI=1S/C20H22N2O5S/c1-14(2)18-11-5-15(13-19(18)22(24)25)6-12-20(23)16-7-9-17(10-8-16)28(26,27)21(3)4/h5-14H,1-4H3/b12-6+. The first kappa shape index (κ1) is 21.5. The maximum atomic E-state index is 12.3. The third kappa shape index (κ3) is 4.71. The van der Waals surface area contributed by atoms with Crippen LogP contribution in [-0.4, -0.2) is 37.5 Å². The van der Waals surface area contributed by atoms with Gasteiger partial charge in [-0.1, -0.05) is 32.1 Å². The van der Waals surface area contributed by atoms with Gasteiger partial charge in [-0.2, -0.15) is 0 Å². The molecule has 7 nitrogen and oxygen atoms in total. The lowest BCUT2D eigenvalue weighted by molar-refractivity contribution is -0.385. The zero-order valence-corrected chi connectivity index (χ0v) is 16.9. The number of allylic oxidation sites excluding steroid dienone is 1. The van der Waals surface area contributed by atoms with Crippen molar-refractivity contribution in [2.24, 2.45) is 0 Å². The summed E-state index contributed by atoms with van der Waals surface area (Å²) in [6.07, 6.45) is 2.81. The molecule has 0 aliphatic rings. The van der Waals surface area contributed by atoms with E-state index in [2.05, 4.69) is 0 Å². The minimum Gasteiger partial charge on any atom is -0.289 e. The predicted octanol–water partition coefficient (Wildman–Crippen LogP) is 3.86. The third-order valence-electron chi connectivity index (χ3n) is 4.22. The van der Waals surface area contributed by atoms with Crippen LogP contribution in [-0.2, 0) is 10.0 Å². The number of sulfonamides is 1. The quantitative estimate of drug-likeness (QED) is 0.303. The molecule has 0 aliphatic heterocycles. The Kier molecular flexibility index (Phi) is 6.48. The largest absolute Gasteiger partial charge is 0.289 e. The summed E-state index contributed by atoms with van der Waals surface area (Å²) in [6, 6.07) is 10.5. The lowest BCUT2D eigenvalue weighted by atomic mass is 9.99. The van der Waals surface area contributed by atoms with E-state index in [9.17, 15) is 23.3 Å². The van der Waals surface area contributed by atoms with Crippen molar-refractivity contribution in [3.8, 4) is 0 Å². The first-order valence-corrected chi connectivity index (χ1v) is 10.0. The van der Waals surface area contributed by atoms with Gasteiger partial charge in [0.15, 0.2) is 5.78 Å². The Hall–Kier alpha value is -2.84. The topological polar surface area (TPSA) is 97.6 Å². The van der Waals surface area contributed by atoms with Gasteiger partial charge in [-0.15, -0.1) is 0 Å². The molecule has 2 aromatic rings. The van der Waals surface area contributed by atoms with Crippen LogP contribution in [0.2, 0.25) is 0 Å². The molecule has 8 heteroatoms. The van der Waals surface area contributed by atoms with Crippen molar-refractivity contribution >= 4 is 27.6 Å². The Morgan fingerprint density at radius 2 is 1.71 bits per heavy atom. The van der Waals surface area contributed by atoms with E-state index >= 15 is 0 Å². The molecule has 0 heterocycles. The fraction of sp³-hybridized carbons (Fsp3) is 0.250. The van der Waals surface area contributed by atoms with Crippen LogP contribution < -0.4 is 0 Å². The third-order valence-corrected chi connectivity index (χ3v) is 6.05. The van der Waals surface area contributed by atoms with E-state index in [0.29, 0.717) is 16.7 Å². The molecule has 0 bridgehead atoms. The zero-order valence-electron chi connectivity index (χ0n) is 16.1. The molecule has 0 unspecified atom stereocenters. The van der Waals surface area contributed by atoms with E-state index in [1.54, 1.807) is 12.1 Å². The number of nitro benzene ring substituents is 1. The summed E-state index contributed by atoms with van der Waals surface area (Å²) in [5.41, 5.74) is 1.51. The normalized spacial score (nSPS) is 12.1. The Morgan fingerprint density at radius 1 is 1.11 bits per heavy atom. The van der Waals surface area contributed by atoms with Crippen molar-refractivity contribution in [1.29, 1.82) is 0 Å². The molecule has 2 aromatic carbocycles. The van der Waals surface area contributed by atoms with Crippen LogP contribution in [0.25, 0.3) is 6.08 Å². The van der Waals surface area contributed by atoms with E-state index in [1.807, 2.05) is 13.8 Å². The van der Waals surface area contributed by atoms with Crippen molar-refractivity contribution < 1.29 is 18.1 Å². The molecule has 0 spiro atoms. The van der Waals surface area contributed by atoms with Gasteiger partial charge in [0, 0.05) is 31.3 Å². The second-order valence-electron chi connectivity index (χ2n) is 6.74. The van der Waals surface area contributed by atoms with E-state index in [1.165, 1.54) is 56.6 Å². The fourth-order valence-electron chi connectivity index (χ4n) is 2.58. The van der Waals surface area contributed by atoms with Crippen molar-refractivity contribution in [2.75, 3.05) is 14.1 Å². The molecule has 0 aliphatic carbocycles. The first-order chi connectivity index (χ1) is 13.0. The highest BCUT2D eigenvalue weighted by molar-refractivity contribution is 7.89. The first-order valence-electron chi connectivity index (χ1n) is 8.57. The summed E-state index contributed by atoms with van der Waals surface area (Å²) in [4.78, 5) is 23.3. The lowest BCUT2D eigenvalue weighted by Crippen LogP contribution is -2.22. The molecule has 0 amide bonds. The minimum atomic E-state index is -3.56. The van der Waals surface area contributed by atoms with Crippen LogP contribution >= 0.6 is 0 Å².